The molecule has 2 aromatic rings. The molecule has 0 amide bonds. The van der Waals surface area contributed by atoms with Crippen molar-refractivity contribution in [2.24, 2.45) is 0 Å². The summed E-state index contributed by atoms with van der Waals surface area (Å²) in [5.41, 5.74) is 4.59. The van der Waals surface area contributed by atoms with Crippen LogP contribution in [0, 0.1) is 13.8 Å². The molecule has 0 fully saturated rings. The molecule has 1 N–H and O–H groups in total. The number of aromatic nitrogens is 2. The van der Waals surface area contributed by atoms with E-state index in [1.807, 2.05) is 0 Å². The number of hydrogen-bond acceptors (Lipinski definition) is 3. The second kappa shape index (κ2) is 7.03. The minimum Gasteiger partial charge on any atom is -0.369 e. The highest BCUT2D eigenvalue weighted by atomic mass is 79.9. The molecule has 0 bridgehead atoms. The molecule has 4 heteroatoms. The van der Waals surface area contributed by atoms with Gasteiger partial charge in [-0.05, 0) is 54.8 Å². The van der Waals surface area contributed by atoms with Gasteiger partial charge in [0.2, 0.25) is 0 Å². The summed E-state index contributed by atoms with van der Waals surface area (Å²) in [7, 11) is 0. The Balaban J connectivity index is 2.52. The predicted octanol–water partition coefficient (Wildman–Crippen LogP) is 4.91. The number of nitrogens with zero attached hydrogens (tertiary/aromatic N) is 2. The van der Waals surface area contributed by atoms with Crippen LogP contribution >= 0.6 is 15.9 Å². The topological polar surface area (TPSA) is 37.8 Å². The van der Waals surface area contributed by atoms with Crippen LogP contribution in [0.5, 0.6) is 0 Å². The summed E-state index contributed by atoms with van der Waals surface area (Å²) >= 11 is 3.62. The number of hydrogen-bond donors (Lipinski definition) is 1. The smallest absolute Gasteiger partial charge is 0.161 e. The van der Waals surface area contributed by atoms with Crippen molar-refractivity contribution in [1.29, 1.82) is 0 Å². The average molecular weight is 348 g/mol. The van der Waals surface area contributed by atoms with E-state index in [0.717, 1.165) is 46.8 Å². The van der Waals surface area contributed by atoms with Crippen LogP contribution in [0.25, 0.3) is 11.4 Å². The largest absolute Gasteiger partial charge is 0.369 e. The van der Waals surface area contributed by atoms with E-state index >= 15 is 0 Å². The summed E-state index contributed by atoms with van der Waals surface area (Å²) in [6.07, 6.45) is 1.94. The van der Waals surface area contributed by atoms with Gasteiger partial charge in [-0.25, -0.2) is 9.97 Å². The van der Waals surface area contributed by atoms with Crippen molar-refractivity contribution in [3.8, 4) is 11.4 Å². The first-order valence-corrected chi connectivity index (χ1v) is 8.23. The lowest BCUT2D eigenvalue weighted by atomic mass is 10.1. The third-order valence-corrected chi connectivity index (χ3v) is 4.11. The fraction of sp³-hybridized carbons (Fsp3) is 0.412. The molecular formula is C17H22BrN3. The van der Waals surface area contributed by atoms with Crippen molar-refractivity contribution in [1.82, 2.24) is 9.97 Å². The lowest BCUT2D eigenvalue weighted by Gasteiger charge is -2.12. The Bertz CT molecular complexity index is 618. The molecule has 0 saturated heterocycles. The summed E-state index contributed by atoms with van der Waals surface area (Å²) in [6.45, 7) is 9.37. The van der Waals surface area contributed by atoms with Gasteiger partial charge in [-0.1, -0.05) is 31.0 Å². The van der Waals surface area contributed by atoms with E-state index in [2.05, 4.69) is 67.1 Å². The van der Waals surface area contributed by atoms with Crippen LogP contribution < -0.4 is 5.32 Å². The first kappa shape index (κ1) is 16.0. The van der Waals surface area contributed by atoms with Gasteiger partial charge >= 0.3 is 0 Å². The lowest BCUT2D eigenvalue weighted by molar-refractivity contribution is 0.943. The monoisotopic (exact) mass is 347 g/mol. The van der Waals surface area contributed by atoms with E-state index in [0.29, 0.717) is 0 Å². The van der Waals surface area contributed by atoms with E-state index in [1.54, 1.807) is 0 Å². The van der Waals surface area contributed by atoms with Gasteiger partial charge in [0, 0.05) is 12.1 Å². The third kappa shape index (κ3) is 3.82. The SMILES string of the molecule is CCCNc1nc(-c2cc(C)cc(C)c2)nc(CC)c1Br. The second-order valence-corrected chi connectivity index (χ2v) is 6.11. The minimum atomic E-state index is 0.792. The summed E-state index contributed by atoms with van der Waals surface area (Å²) in [6, 6.07) is 6.44. The molecule has 1 aromatic heterocycles. The molecule has 0 aliphatic rings. The number of benzene rings is 1. The lowest BCUT2D eigenvalue weighted by Crippen LogP contribution is -2.07. The maximum absolute atomic E-state index is 4.71. The molecule has 0 aliphatic carbocycles. The molecule has 3 nitrogen and oxygen atoms in total. The van der Waals surface area contributed by atoms with Gasteiger partial charge in [-0.15, -0.1) is 0 Å². The fourth-order valence-corrected chi connectivity index (χ4v) is 2.92. The molecule has 0 radical (unpaired) electrons. The normalized spacial score (nSPS) is 10.7. The summed E-state index contributed by atoms with van der Waals surface area (Å²) in [4.78, 5) is 9.42. The van der Waals surface area contributed by atoms with Crippen molar-refractivity contribution in [3.05, 3.63) is 39.5 Å². The molecule has 21 heavy (non-hydrogen) atoms. The number of nitrogens with one attached hydrogen (secondary N) is 1. The van der Waals surface area contributed by atoms with Gasteiger partial charge in [0.1, 0.15) is 5.82 Å². The van der Waals surface area contributed by atoms with Crippen molar-refractivity contribution in [3.63, 3.8) is 0 Å². The molecular weight excluding hydrogens is 326 g/mol. The minimum absolute atomic E-state index is 0.792. The number of aryl methyl sites for hydroxylation is 3. The molecule has 0 atom stereocenters. The number of anilines is 1. The standard InChI is InChI=1S/C17H22BrN3/c1-5-7-19-17-15(18)14(6-2)20-16(21-17)13-9-11(3)8-12(4)10-13/h8-10H,5-7H2,1-4H3,(H,19,20,21). The fourth-order valence-electron chi connectivity index (χ4n) is 2.32. The molecule has 1 aromatic carbocycles. The molecule has 0 aliphatic heterocycles. The van der Waals surface area contributed by atoms with Gasteiger partial charge < -0.3 is 5.32 Å². The summed E-state index contributed by atoms with van der Waals surface area (Å²) < 4.78 is 0.978. The third-order valence-electron chi connectivity index (χ3n) is 3.28. The van der Waals surface area contributed by atoms with Gasteiger partial charge in [-0.3, -0.25) is 0 Å². The molecule has 0 unspecified atom stereocenters. The first-order valence-electron chi connectivity index (χ1n) is 7.44. The highest BCUT2D eigenvalue weighted by Crippen LogP contribution is 2.28. The molecule has 1 heterocycles. The average Bonchev–Trinajstić information content (AvgIpc) is 2.45. The highest BCUT2D eigenvalue weighted by molar-refractivity contribution is 9.10. The Morgan fingerprint density at radius 3 is 2.29 bits per heavy atom. The predicted molar refractivity (Wildman–Crippen MR) is 92.8 cm³/mol. The van der Waals surface area contributed by atoms with Gasteiger partial charge in [0.05, 0.1) is 10.2 Å². The van der Waals surface area contributed by atoms with Crippen LogP contribution in [0.4, 0.5) is 5.82 Å². The van der Waals surface area contributed by atoms with Crippen molar-refractivity contribution >= 4 is 21.7 Å². The summed E-state index contributed by atoms with van der Waals surface area (Å²) in [5, 5.41) is 3.38. The van der Waals surface area contributed by atoms with E-state index in [9.17, 15) is 0 Å². The number of halogens is 1. The quantitative estimate of drug-likeness (QED) is 0.834. The Labute approximate surface area is 135 Å². The van der Waals surface area contributed by atoms with E-state index in [4.69, 9.17) is 9.97 Å². The Morgan fingerprint density at radius 1 is 1.05 bits per heavy atom. The van der Waals surface area contributed by atoms with Crippen LogP contribution in [0.2, 0.25) is 0 Å². The van der Waals surface area contributed by atoms with Crippen LogP contribution in [0.3, 0.4) is 0 Å². The Hall–Kier alpha value is -1.42. The van der Waals surface area contributed by atoms with Crippen LogP contribution in [0.15, 0.2) is 22.7 Å². The molecule has 0 saturated carbocycles. The Kier molecular flexibility index (Phi) is 5.34. The van der Waals surface area contributed by atoms with Crippen molar-refractivity contribution in [2.45, 2.75) is 40.5 Å². The van der Waals surface area contributed by atoms with E-state index < -0.39 is 0 Å². The van der Waals surface area contributed by atoms with Crippen molar-refractivity contribution in [2.75, 3.05) is 11.9 Å². The zero-order chi connectivity index (χ0) is 15.4. The highest BCUT2D eigenvalue weighted by Gasteiger charge is 2.12. The van der Waals surface area contributed by atoms with Gasteiger partial charge in [-0.2, -0.15) is 0 Å². The number of rotatable bonds is 5. The molecule has 2 rings (SSSR count). The molecule has 112 valence electrons. The van der Waals surface area contributed by atoms with Crippen LogP contribution in [0.1, 0.15) is 37.1 Å². The zero-order valence-electron chi connectivity index (χ0n) is 13.1. The second-order valence-electron chi connectivity index (χ2n) is 5.31. The van der Waals surface area contributed by atoms with E-state index in [1.165, 1.54) is 11.1 Å². The van der Waals surface area contributed by atoms with Gasteiger partial charge in [0.25, 0.3) is 0 Å². The maximum Gasteiger partial charge on any atom is 0.161 e. The van der Waals surface area contributed by atoms with Crippen LogP contribution in [-0.2, 0) is 6.42 Å². The van der Waals surface area contributed by atoms with Gasteiger partial charge in [0.15, 0.2) is 5.82 Å². The Morgan fingerprint density at radius 2 is 1.71 bits per heavy atom. The van der Waals surface area contributed by atoms with Crippen molar-refractivity contribution < 1.29 is 0 Å². The zero-order valence-corrected chi connectivity index (χ0v) is 14.7. The molecule has 0 spiro atoms. The first-order chi connectivity index (χ1) is 10.0. The summed E-state index contributed by atoms with van der Waals surface area (Å²) in [5.74, 6) is 1.68. The van der Waals surface area contributed by atoms with Crippen LogP contribution in [-0.4, -0.2) is 16.5 Å². The maximum atomic E-state index is 4.71. The van der Waals surface area contributed by atoms with E-state index in [-0.39, 0.29) is 0 Å².